The predicted molar refractivity (Wildman–Crippen MR) is 112 cm³/mol. The van der Waals surface area contributed by atoms with Gasteiger partial charge in [-0.15, -0.1) is 0 Å². The molecule has 158 valence electrons. The van der Waals surface area contributed by atoms with E-state index in [1.165, 1.54) is 38.0 Å². The third-order valence-corrected chi connectivity index (χ3v) is 5.13. The number of nitrogens with one attached hydrogen (secondary N) is 3. The van der Waals surface area contributed by atoms with Gasteiger partial charge in [0.05, 0.1) is 0 Å². The van der Waals surface area contributed by atoms with E-state index < -0.39 is 23.8 Å². The molecule has 0 heterocycles. The van der Waals surface area contributed by atoms with Gasteiger partial charge in [-0.3, -0.25) is 19.6 Å². The second-order valence-electron chi connectivity index (χ2n) is 7.34. The monoisotopic (exact) mass is 410 g/mol. The number of amides is 3. The van der Waals surface area contributed by atoms with E-state index in [-0.39, 0.29) is 0 Å². The number of rotatable bonds is 8. The van der Waals surface area contributed by atoms with E-state index in [0.29, 0.717) is 11.6 Å². The average Bonchev–Trinajstić information content (AvgIpc) is 3.61. The van der Waals surface area contributed by atoms with Gasteiger partial charge >= 0.3 is 0 Å². The minimum atomic E-state index is -1.48. The molecule has 2 aromatic rings. The SMILES string of the molecule is CNC(=O)C(C(=O)NO)N(C)C(=O)c1ccc(-c2cccc(CNC3CC3)c2)cc1. The van der Waals surface area contributed by atoms with Crippen molar-refractivity contribution in [2.75, 3.05) is 14.1 Å². The zero-order chi connectivity index (χ0) is 21.7. The lowest BCUT2D eigenvalue weighted by atomic mass is 10.0. The third-order valence-electron chi connectivity index (χ3n) is 5.13. The van der Waals surface area contributed by atoms with Crippen molar-refractivity contribution in [2.24, 2.45) is 0 Å². The normalized spacial score (nSPS) is 14.0. The first kappa shape index (κ1) is 21.5. The molecule has 1 saturated carbocycles. The van der Waals surface area contributed by atoms with Gasteiger partial charge in [-0.25, -0.2) is 5.48 Å². The van der Waals surface area contributed by atoms with Gasteiger partial charge in [-0.1, -0.05) is 30.3 Å². The summed E-state index contributed by atoms with van der Waals surface area (Å²) in [6, 6.07) is 14.3. The largest absolute Gasteiger partial charge is 0.357 e. The summed E-state index contributed by atoms with van der Waals surface area (Å²) < 4.78 is 0. The zero-order valence-corrected chi connectivity index (χ0v) is 17.0. The Morgan fingerprint density at radius 1 is 1.07 bits per heavy atom. The predicted octanol–water partition coefficient (Wildman–Crippen LogP) is 1.30. The van der Waals surface area contributed by atoms with Gasteiger partial charge in [0.1, 0.15) is 0 Å². The molecule has 30 heavy (non-hydrogen) atoms. The first-order valence-corrected chi connectivity index (χ1v) is 9.80. The van der Waals surface area contributed by atoms with Crippen molar-refractivity contribution < 1.29 is 19.6 Å². The molecule has 0 saturated heterocycles. The van der Waals surface area contributed by atoms with Crippen LogP contribution in [0.5, 0.6) is 0 Å². The van der Waals surface area contributed by atoms with E-state index >= 15 is 0 Å². The van der Waals surface area contributed by atoms with Crippen LogP contribution < -0.4 is 16.1 Å². The number of likely N-dealkylation sites (N-methyl/N-ethyl adjacent to an activating group) is 2. The number of hydrogen-bond acceptors (Lipinski definition) is 5. The standard InChI is InChI=1S/C22H26N4O4/c1-23-20(27)19(21(28)25-30)26(2)22(29)16-8-6-15(7-9-16)17-5-3-4-14(12-17)13-24-18-10-11-18/h3-9,12,18-19,24,30H,10-11,13H2,1-2H3,(H,23,27)(H,25,28). The van der Waals surface area contributed by atoms with E-state index in [1.54, 1.807) is 12.1 Å². The first-order valence-electron chi connectivity index (χ1n) is 9.80. The molecule has 1 atom stereocenters. The Hall–Kier alpha value is -3.23. The number of carbonyl (C=O) groups excluding carboxylic acids is 3. The van der Waals surface area contributed by atoms with Crippen molar-refractivity contribution in [1.82, 2.24) is 21.0 Å². The molecular weight excluding hydrogens is 384 g/mol. The Balaban J connectivity index is 1.74. The topological polar surface area (TPSA) is 111 Å². The first-order chi connectivity index (χ1) is 14.4. The molecule has 2 aromatic carbocycles. The molecule has 1 aliphatic carbocycles. The summed E-state index contributed by atoms with van der Waals surface area (Å²) >= 11 is 0. The molecule has 1 aliphatic rings. The zero-order valence-electron chi connectivity index (χ0n) is 17.0. The lowest BCUT2D eigenvalue weighted by Gasteiger charge is -2.25. The van der Waals surface area contributed by atoms with Crippen LogP contribution in [-0.4, -0.2) is 54.0 Å². The van der Waals surface area contributed by atoms with Gasteiger partial charge in [0, 0.05) is 32.2 Å². The van der Waals surface area contributed by atoms with Gasteiger partial charge < -0.3 is 15.5 Å². The number of benzene rings is 2. The lowest BCUT2D eigenvalue weighted by molar-refractivity contribution is -0.140. The van der Waals surface area contributed by atoms with Crippen LogP contribution in [0.2, 0.25) is 0 Å². The van der Waals surface area contributed by atoms with E-state index in [2.05, 4.69) is 22.8 Å². The van der Waals surface area contributed by atoms with Gasteiger partial charge in [0.15, 0.2) is 6.04 Å². The summed E-state index contributed by atoms with van der Waals surface area (Å²) in [4.78, 5) is 37.6. The molecular formula is C22H26N4O4. The van der Waals surface area contributed by atoms with Crippen molar-refractivity contribution in [3.05, 3.63) is 59.7 Å². The second kappa shape index (κ2) is 9.51. The maximum atomic E-state index is 12.8. The maximum Gasteiger partial charge on any atom is 0.275 e. The van der Waals surface area contributed by atoms with Crippen LogP contribution in [0.25, 0.3) is 11.1 Å². The van der Waals surface area contributed by atoms with Crippen LogP contribution >= 0.6 is 0 Å². The van der Waals surface area contributed by atoms with E-state index in [9.17, 15) is 14.4 Å². The molecule has 0 aromatic heterocycles. The minimum absolute atomic E-state index is 0.326. The fourth-order valence-electron chi connectivity index (χ4n) is 3.21. The Bertz CT molecular complexity index is 909. The quantitative estimate of drug-likeness (QED) is 0.298. The number of nitrogens with zero attached hydrogens (tertiary/aromatic N) is 1. The molecule has 0 aliphatic heterocycles. The van der Waals surface area contributed by atoms with Gasteiger partial charge in [-0.2, -0.15) is 0 Å². The Kier molecular flexibility index (Phi) is 6.81. The van der Waals surface area contributed by atoms with Crippen molar-refractivity contribution in [2.45, 2.75) is 31.5 Å². The highest BCUT2D eigenvalue weighted by molar-refractivity contribution is 6.08. The van der Waals surface area contributed by atoms with Crippen molar-refractivity contribution in [1.29, 1.82) is 0 Å². The van der Waals surface area contributed by atoms with E-state index in [1.807, 2.05) is 24.3 Å². The fraction of sp³-hybridized carbons (Fsp3) is 0.318. The number of hydroxylamine groups is 1. The Morgan fingerprint density at radius 3 is 2.37 bits per heavy atom. The molecule has 0 bridgehead atoms. The Labute approximate surface area is 175 Å². The molecule has 1 fully saturated rings. The summed E-state index contributed by atoms with van der Waals surface area (Å²) in [6.07, 6.45) is 2.48. The summed E-state index contributed by atoms with van der Waals surface area (Å²) in [5, 5.41) is 14.7. The molecule has 1 unspecified atom stereocenters. The van der Waals surface area contributed by atoms with Crippen LogP contribution in [0, 0.1) is 0 Å². The van der Waals surface area contributed by atoms with Gasteiger partial charge in [0.25, 0.3) is 17.7 Å². The minimum Gasteiger partial charge on any atom is -0.357 e. The average molecular weight is 410 g/mol. The van der Waals surface area contributed by atoms with E-state index in [4.69, 9.17) is 5.21 Å². The van der Waals surface area contributed by atoms with Crippen molar-refractivity contribution >= 4 is 17.7 Å². The third kappa shape index (κ3) is 5.03. The molecule has 0 spiro atoms. The summed E-state index contributed by atoms with van der Waals surface area (Å²) in [5.74, 6) is -2.20. The van der Waals surface area contributed by atoms with Gasteiger partial charge in [0.2, 0.25) is 0 Å². The summed E-state index contributed by atoms with van der Waals surface area (Å²) in [7, 11) is 2.68. The Morgan fingerprint density at radius 2 is 1.77 bits per heavy atom. The van der Waals surface area contributed by atoms with E-state index in [0.717, 1.165) is 22.6 Å². The van der Waals surface area contributed by atoms with Crippen LogP contribution in [0.4, 0.5) is 0 Å². The van der Waals surface area contributed by atoms with Gasteiger partial charge in [-0.05, 0) is 47.7 Å². The molecule has 0 radical (unpaired) electrons. The highest BCUT2D eigenvalue weighted by Gasteiger charge is 2.33. The summed E-state index contributed by atoms with van der Waals surface area (Å²) in [5.41, 5.74) is 4.95. The van der Waals surface area contributed by atoms with Crippen LogP contribution in [0.1, 0.15) is 28.8 Å². The van der Waals surface area contributed by atoms with Crippen molar-refractivity contribution in [3.63, 3.8) is 0 Å². The summed E-state index contributed by atoms with van der Waals surface area (Å²) in [6.45, 7) is 0.827. The molecule has 4 N–H and O–H groups in total. The van der Waals surface area contributed by atoms with Crippen LogP contribution in [0.15, 0.2) is 48.5 Å². The highest BCUT2D eigenvalue weighted by Crippen LogP contribution is 2.23. The number of hydrogen-bond donors (Lipinski definition) is 4. The molecule has 8 nitrogen and oxygen atoms in total. The number of carbonyl (C=O) groups is 3. The lowest BCUT2D eigenvalue weighted by Crippen LogP contribution is -2.54. The second-order valence-corrected chi connectivity index (χ2v) is 7.34. The smallest absolute Gasteiger partial charge is 0.275 e. The van der Waals surface area contributed by atoms with Crippen LogP contribution in [-0.2, 0) is 16.1 Å². The molecule has 8 heteroatoms. The fourth-order valence-corrected chi connectivity index (χ4v) is 3.21. The highest BCUT2D eigenvalue weighted by atomic mass is 16.5. The van der Waals surface area contributed by atoms with Crippen molar-refractivity contribution in [3.8, 4) is 11.1 Å². The van der Waals surface area contributed by atoms with Crippen LogP contribution in [0.3, 0.4) is 0 Å². The molecule has 3 rings (SSSR count). The maximum absolute atomic E-state index is 12.8. The molecule has 3 amide bonds.